The van der Waals surface area contributed by atoms with Crippen molar-refractivity contribution in [3.05, 3.63) is 47.4 Å². The molecule has 0 aliphatic carbocycles. The quantitative estimate of drug-likeness (QED) is 0.541. The topological polar surface area (TPSA) is 75.9 Å². The maximum absolute atomic E-state index is 9.13. The Morgan fingerprint density at radius 1 is 1.12 bits per heavy atom. The number of methoxy groups -OCH3 is 1. The highest BCUT2D eigenvalue weighted by Gasteiger charge is 2.33. The largest absolute Gasteiger partial charge is 0.395 e. The second kappa shape index (κ2) is 10.6. The highest BCUT2D eigenvalue weighted by atomic mass is 32.1. The van der Waals surface area contributed by atoms with E-state index >= 15 is 0 Å². The lowest BCUT2D eigenvalue weighted by Gasteiger charge is -2.34. The van der Waals surface area contributed by atoms with Crippen molar-refractivity contribution in [3.8, 4) is 0 Å². The van der Waals surface area contributed by atoms with Crippen molar-refractivity contribution in [2.24, 2.45) is 5.92 Å². The average molecular weight is 472 g/mol. The Kier molecular flexibility index (Phi) is 7.34. The first-order valence-corrected chi connectivity index (χ1v) is 12.6. The molecule has 2 fully saturated rings. The van der Waals surface area contributed by atoms with Crippen molar-refractivity contribution in [2.75, 3.05) is 46.4 Å². The van der Waals surface area contributed by atoms with Gasteiger partial charge in [-0.25, -0.2) is 4.98 Å². The Labute approximate surface area is 198 Å². The highest BCUT2D eigenvalue weighted by Crippen LogP contribution is 2.36. The second-order valence-corrected chi connectivity index (χ2v) is 9.88. The van der Waals surface area contributed by atoms with Gasteiger partial charge in [-0.3, -0.25) is 9.80 Å². The molecule has 1 N–H and O–H groups in total. The zero-order chi connectivity index (χ0) is 22.6. The fourth-order valence-corrected chi connectivity index (χ4v) is 5.71. The van der Waals surface area contributed by atoms with Gasteiger partial charge in [-0.15, -0.1) is 0 Å². The van der Waals surface area contributed by atoms with E-state index in [1.165, 1.54) is 22.4 Å². The van der Waals surface area contributed by atoms with Gasteiger partial charge in [0.05, 0.1) is 13.2 Å². The van der Waals surface area contributed by atoms with E-state index in [4.69, 9.17) is 19.6 Å². The van der Waals surface area contributed by atoms with Crippen LogP contribution in [0.25, 0.3) is 10.9 Å². The van der Waals surface area contributed by atoms with E-state index in [9.17, 15) is 0 Å². The molecular weight excluding hydrogens is 438 g/mol. The standard InChI is InChI=1S/C24H33N5O3S/c1-31-23-15-18(16-29-7-6-19-4-2-3-5-20(19)29)14-21(32-23)24-25-22(33-26-24)17-28-10-8-27(9-11-28)12-13-30/h2-7,18,21,23,30H,8-17H2,1H3. The zero-order valence-electron chi connectivity index (χ0n) is 19.2. The number of para-hydroxylation sites is 1. The molecule has 4 heterocycles. The first-order valence-electron chi connectivity index (χ1n) is 11.8. The third-order valence-corrected chi connectivity index (χ3v) is 7.51. The van der Waals surface area contributed by atoms with Crippen LogP contribution in [-0.4, -0.2) is 81.6 Å². The van der Waals surface area contributed by atoms with E-state index in [0.717, 1.165) is 69.5 Å². The Bertz CT molecular complexity index is 1030. The van der Waals surface area contributed by atoms with Crippen LogP contribution in [0, 0.1) is 5.92 Å². The second-order valence-electron chi connectivity index (χ2n) is 9.04. The van der Waals surface area contributed by atoms with E-state index in [1.54, 1.807) is 7.11 Å². The predicted molar refractivity (Wildman–Crippen MR) is 128 cm³/mol. The van der Waals surface area contributed by atoms with Crippen LogP contribution in [0.4, 0.5) is 0 Å². The number of ether oxygens (including phenoxy) is 2. The summed E-state index contributed by atoms with van der Waals surface area (Å²) in [6, 6.07) is 10.7. The van der Waals surface area contributed by atoms with Gasteiger partial charge in [0.1, 0.15) is 11.1 Å². The van der Waals surface area contributed by atoms with Crippen molar-refractivity contribution >= 4 is 22.4 Å². The number of aliphatic hydroxyl groups excluding tert-OH is 1. The SMILES string of the molecule is COC1CC(Cn2ccc3ccccc32)CC(c2nsc(CN3CCN(CCO)CC3)n2)O1. The molecule has 33 heavy (non-hydrogen) atoms. The smallest absolute Gasteiger partial charge is 0.171 e. The number of hydrogen-bond donors (Lipinski definition) is 1. The molecule has 9 heteroatoms. The summed E-state index contributed by atoms with van der Waals surface area (Å²) in [6.45, 7) is 6.71. The van der Waals surface area contributed by atoms with Crippen LogP contribution in [-0.2, 0) is 22.6 Å². The molecule has 0 bridgehead atoms. The van der Waals surface area contributed by atoms with Crippen molar-refractivity contribution in [1.29, 1.82) is 0 Å². The predicted octanol–water partition coefficient (Wildman–Crippen LogP) is 2.74. The molecule has 0 spiro atoms. The van der Waals surface area contributed by atoms with Gasteiger partial charge in [-0.2, -0.15) is 4.37 Å². The Balaban J connectivity index is 1.22. The number of fused-ring (bicyclic) bond motifs is 1. The summed E-state index contributed by atoms with van der Waals surface area (Å²) >= 11 is 1.48. The van der Waals surface area contributed by atoms with E-state index in [1.807, 2.05) is 0 Å². The van der Waals surface area contributed by atoms with Gasteiger partial charge in [0.15, 0.2) is 12.1 Å². The number of aromatic nitrogens is 3. The van der Waals surface area contributed by atoms with Gasteiger partial charge >= 0.3 is 0 Å². The van der Waals surface area contributed by atoms with Crippen LogP contribution in [0.15, 0.2) is 36.5 Å². The van der Waals surface area contributed by atoms with E-state index in [2.05, 4.69) is 55.3 Å². The minimum absolute atomic E-state index is 0.137. The number of rotatable bonds is 8. The van der Waals surface area contributed by atoms with Crippen LogP contribution in [0.3, 0.4) is 0 Å². The molecular formula is C24H33N5O3S. The maximum atomic E-state index is 9.13. The summed E-state index contributed by atoms with van der Waals surface area (Å²) in [5, 5.41) is 11.4. The number of aliphatic hydroxyl groups is 1. The number of hydrogen-bond acceptors (Lipinski definition) is 8. The molecule has 3 atom stereocenters. The van der Waals surface area contributed by atoms with Gasteiger partial charge in [0, 0.05) is 64.5 Å². The molecule has 0 radical (unpaired) electrons. The summed E-state index contributed by atoms with van der Waals surface area (Å²) in [4.78, 5) is 9.58. The van der Waals surface area contributed by atoms with Crippen molar-refractivity contribution < 1.29 is 14.6 Å². The molecule has 178 valence electrons. The van der Waals surface area contributed by atoms with Crippen molar-refractivity contribution in [3.63, 3.8) is 0 Å². The normalized spacial score (nSPS) is 25.1. The lowest BCUT2D eigenvalue weighted by atomic mass is 9.94. The molecule has 0 amide bonds. The van der Waals surface area contributed by atoms with E-state index < -0.39 is 0 Å². The van der Waals surface area contributed by atoms with Gasteiger partial charge in [-0.1, -0.05) is 18.2 Å². The zero-order valence-corrected chi connectivity index (χ0v) is 20.0. The lowest BCUT2D eigenvalue weighted by Crippen LogP contribution is -2.46. The lowest BCUT2D eigenvalue weighted by molar-refractivity contribution is -0.198. The third kappa shape index (κ3) is 5.45. The van der Waals surface area contributed by atoms with E-state index in [0.29, 0.717) is 5.92 Å². The summed E-state index contributed by atoms with van der Waals surface area (Å²) in [5.74, 6) is 1.22. The van der Waals surface area contributed by atoms with Crippen molar-refractivity contribution in [1.82, 2.24) is 23.7 Å². The molecule has 2 aliphatic heterocycles. The van der Waals surface area contributed by atoms with Crippen LogP contribution in [0.5, 0.6) is 0 Å². The van der Waals surface area contributed by atoms with E-state index in [-0.39, 0.29) is 19.0 Å². The van der Waals surface area contributed by atoms with Crippen LogP contribution in [0.1, 0.15) is 29.8 Å². The Morgan fingerprint density at radius 3 is 2.76 bits per heavy atom. The Hall–Kier alpha value is -1.88. The molecule has 3 aromatic rings. The summed E-state index contributed by atoms with van der Waals surface area (Å²) in [6.07, 6.45) is 3.57. The van der Waals surface area contributed by atoms with Crippen LogP contribution < -0.4 is 0 Å². The molecule has 0 saturated carbocycles. The number of β-amino-alcohol motifs (C(OH)–C–C–N with tert-alkyl or cyclic N) is 1. The van der Waals surface area contributed by atoms with Gasteiger partial charge in [0.25, 0.3) is 0 Å². The molecule has 3 unspecified atom stereocenters. The first-order chi connectivity index (χ1) is 16.2. The maximum Gasteiger partial charge on any atom is 0.171 e. The molecule has 8 nitrogen and oxygen atoms in total. The molecule has 2 aromatic heterocycles. The van der Waals surface area contributed by atoms with Gasteiger partial charge < -0.3 is 19.1 Å². The third-order valence-electron chi connectivity index (χ3n) is 6.80. The summed E-state index contributed by atoms with van der Waals surface area (Å²) in [7, 11) is 1.71. The average Bonchev–Trinajstić information content (AvgIpc) is 3.48. The minimum atomic E-state index is -0.234. The monoisotopic (exact) mass is 471 g/mol. The van der Waals surface area contributed by atoms with Gasteiger partial charge in [0.2, 0.25) is 0 Å². The number of benzene rings is 1. The first kappa shape index (κ1) is 22.9. The number of piperazine rings is 1. The Morgan fingerprint density at radius 2 is 1.94 bits per heavy atom. The fourth-order valence-electron chi connectivity index (χ4n) is 4.98. The van der Waals surface area contributed by atoms with Crippen LogP contribution >= 0.6 is 11.5 Å². The molecule has 5 rings (SSSR count). The molecule has 2 aliphatic rings. The highest BCUT2D eigenvalue weighted by molar-refractivity contribution is 7.05. The van der Waals surface area contributed by atoms with Gasteiger partial charge in [-0.05, 0) is 41.4 Å². The molecule has 1 aromatic carbocycles. The number of nitrogens with zero attached hydrogens (tertiary/aromatic N) is 5. The molecule has 2 saturated heterocycles. The van der Waals surface area contributed by atoms with Crippen molar-refractivity contribution in [2.45, 2.75) is 38.3 Å². The summed E-state index contributed by atoms with van der Waals surface area (Å²) in [5.41, 5.74) is 1.27. The fraction of sp³-hybridized carbons (Fsp3) is 0.583. The minimum Gasteiger partial charge on any atom is -0.395 e. The summed E-state index contributed by atoms with van der Waals surface area (Å²) < 4.78 is 18.8. The van der Waals surface area contributed by atoms with Crippen LogP contribution in [0.2, 0.25) is 0 Å².